The second-order valence-corrected chi connectivity index (χ2v) is 5.48. The molecule has 2 atom stereocenters. The number of amides is 1. The van der Waals surface area contributed by atoms with E-state index >= 15 is 0 Å². The van der Waals surface area contributed by atoms with Gasteiger partial charge >= 0.3 is 5.95 Å². The van der Waals surface area contributed by atoms with Crippen LogP contribution in [0.15, 0.2) is 36.7 Å². The largest absolute Gasteiger partial charge is 0.490 e. The standard InChI is InChI=1S/C14H16N6O3/c15-12-7-18(6-11(12)10-4-2-1-3-5-10)13(21)8-19-9-16-14(17-19)20(22)23/h1-5,9,11-12H,6-8,15H2/t11-,12+/m0/s1. The average molecular weight is 316 g/mol. The monoisotopic (exact) mass is 316 g/mol. The van der Waals surface area contributed by atoms with Gasteiger partial charge in [0.05, 0.1) is 0 Å². The van der Waals surface area contributed by atoms with Crippen LogP contribution < -0.4 is 5.73 Å². The lowest BCUT2D eigenvalue weighted by Crippen LogP contribution is -2.34. The number of carbonyl (C=O) groups excluding carboxylic acids is 1. The zero-order valence-corrected chi connectivity index (χ0v) is 12.3. The van der Waals surface area contributed by atoms with Crippen LogP contribution in [0.25, 0.3) is 0 Å². The van der Waals surface area contributed by atoms with Crippen molar-refractivity contribution in [1.82, 2.24) is 19.7 Å². The molecule has 1 fully saturated rings. The van der Waals surface area contributed by atoms with Gasteiger partial charge in [-0.05, 0) is 10.5 Å². The number of rotatable bonds is 4. The van der Waals surface area contributed by atoms with Gasteiger partial charge in [-0.3, -0.25) is 4.79 Å². The van der Waals surface area contributed by atoms with E-state index in [1.54, 1.807) is 4.90 Å². The van der Waals surface area contributed by atoms with E-state index < -0.39 is 10.9 Å². The van der Waals surface area contributed by atoms with Crippen molar-refractivity contribution in [1.29, 1.82) is 0 Å². The van der Waals surface area contributed by atoms with Crippen LogP contribution in [-0.4, -0.2) is 49.6 Å². The molecule has 1 saturated heterocycles. The fourth-order valence-corrected chi connectivity index (χ4v) is 2.77. The molecule has 3 rings (SSSR count). The Labute approximate surface area is 131 Å². The Morgan fingerprint density at radius 2 is 2.09 bits per heavy atom. The molecule has 1 aliphatic heterocycles. The summed E-state index contributed by atoms with van der Waals surface area (Å²) in [5.41, 5.74) is 7.26. The number of hydrogen-bond donors (Lipinski definition) is 1. The molecule has 23 heavy (non-hydrogen) atoms. The molecule has 0 bridgehead atoms. The zero-order valence-electron chi connectivity index (χ0n) is 12.3. The van der Waals surface area contributed by atoms with Gasteiger partial charge in [-0.2, -0.15) is 4.68 Å². The van der Waals surface area contributed by atoms with Crippen LogP contribution in [0.1, 0.15) is 11.5 Å². The van der Waals surface area contributed by atoms with Crippen LogP contribution in [0.4, 0.5) is 5.95 Å². The van der Waals surface area contributed by atoms with Crippen molar-refractivity contribution in [3.05, 3.63) is 52.3 Å². The van der Waals surface area contributed by atoms with Gasteiger partial charge < -0.3 is 20.7 Å². The van der Waals surface area contributed by atoms with E-state index in [1.165, 1.54) is 11.0 Å². The van der Waals surface area contributed by atoms with Crippen molar-refractivity contribution in [3.8, 4) is 0 Å². The number of likely N-dealkylation sites (tertiary alicyclic amines) is 1. The minimum Gasteiger partial charge on any atom is -0.390 e. The van der Waals surface area contributed by atoms with Crippen LogP contribution in [0, 0.1) is 10.1 Å². The highest BCUT2D eigenvalue weighted by atomic mass is 16.6. The number of carbonyl (C=O) groups is 1. The highest BCUT2D eigenvalue weighted by Crippen LogP contribution is 2.26. The van der Waals surface area contributed by atoms with Crippen molar-refractivity contribution in [2.75, 3.05) is 13.1 Å². The number of hydrogen-bond acceptors (Lipinski definition) is 6. The van der Waals surface area contributed by atoms with E-state index in [0.29, 0.717) is 13.1 Å². The van der Waals surface area contributed by atoms with E-state index in [2.05, 4.69) is 10.1 Å². The predicted octanol–water partition coefficient (Wildman–Crippen LogP) is 0.140. The summed E-state index contributed by atoms with van der Waals surface area (Å²) in [6, 6.07) is 9.69. The van der Waals surface area contributed by atoms with Crippen molar-refractivity contribution in [2.45, 2.75) is 18.5 Å². The molecule has 0 saturated carbocycles. The first kappa shape index (κ1) is 15.1. The molecule has 0 unspecified atom stereocenters. The summed E-state index contributed by atoms with van der Waals surface area (Å²) >= 11 is 0. The summed E-state index contributed by atoms with van der Waals surface area (Å²) in [7, 11) is 0. The molecule has 2 N–H and O–H groups in total. The van der Waals surface area contributed by atoms with Gasteiger partial charge in [-0.25, -0.2) is 0 Å². The maximum Gasteiger partial charge on any atom is 0.490 e. The van der Waals surface area contributed by atoms with E-state index in [4.69, 9.17) is 5.73 Å². The van der Waals surface area contributed by atoms with Crippen molar-refractivity contribution in [2.24, 2.45) is 5.73 Å². The summed E-state index contributed by atoms with van der Waals surface area (Å²) in [6.07, 6.45) is 1.18. The van der Waals surface area contributed by atoms with E-state index in [0.717, 1.165) is 5.56 Å². The molecule has 1 aromatic heterocycles. The molecule has 1 aliphatic rings. The lowest BCUT2D eigenvalue weighted by molar-refractivity contribution is -0.394. The molecule has 1 aromatic carbocycles. The molecule has 0 radical (unpaired) electrons. The van der Waals surface area contributed by atoms with E-state index in [9.17, 15) is 14.9 Å². The fraction of sp³-hybridized carbons (Fsp3) is 0.357. The molecule has 9 heteroatoms. The van der Waals surface area contributed by atoms with Gasteiger partial charge in [0.15, 0.2) is 0 Å². The smallest absolute Gasteiger partial charge is 0.390 e. The Balaban J connectivity index is 1.65. The van der Waals surface area contributed by atoms with Crippen LogP contribution in [0.3, 0.4) is 0 Å². The lowest BCUT2D eigenvalue weighted by Gasteiger charge is -2.15. The maximum absolute atomic E-state index is 12.3. The molecule has 0 spiro atoms. The second kappa shape index (κ2) is 6.13. The van der Waals surface area contributed by atoms with Gasteiger partial charge in [0.2, 0.25) is 12.2 Å². The number of benzene rings is 1. The Morgan fingerprint density at radius 3 is 2.74 bits per heavy atom. The van der Waals surface area contributed by atoms with Crippen LogP contribution >= 0.6 is 0 Å². The molecule has 2 aromatic rings. The Morgan fingerprint density at radius 1 is 1.35 bits per heavy atom. The SMILES string of the molecule is N[C@@H]1CN(C(=O)Cn2cnc([N+](=O)[O-])n2)C[C@H]1c1ccccc1. The molecular weight excluding hydrogens is 300 g/mol. The average Bonchev–Trinajstić information content (AvgIpc) is 3.15. The van der Waals surface area contributed by atoms with Gasteiger partial charge in [0.1, 0.15) is 6.54 Å². The Kier molecular flexibility index (Phi) is 4.02. The van der Waals surface area contributed by atoms with Crippen LogP contribution in [0.2, 0.25) is 0 Å². The molecule has 1 amide bonds. The van der Waals surface area contributed by atoms with Gasteiger partial charge in [-0.15, -0.1) is 0 Å². The number of aromatic nitrogens is 3. The molecular formula is C14H16N6O3. The fourth-order valence-electron chi connectivity index (χ4n) is 2.77. The number of nitro groups is 1. The maximum atomic E-state index is 12.3. The van der Waals surface area contributed by atoms with E-state index in [1.807, 2.05) is 30.3 Å². The van der Waals surface area contributed by atoms with Crippen molar-refractivity contribution < 1.29 is 9.72 Å². The first-order valence-electron chi connectivity index (χ1n) is 7.16. The highest BCUT2D eigenvalue weighted by Gasteiger charge is 2.34. The van der Waals surface area contributed by atoms with E-state index in [-0.39, 0.29) is 24.4 Å². The molecule has 2 heterocycles. The van der Waals surface area contributed by atoms with Crippen LogP contribution in [0.5, 0.6) is 0 Å². The van der Waals surface area contributed by atoms with Gasteiger partial charge in [0.25, 0.3) is 0 Å². The highest BCUT2D eigenvalue weighted by molar-refractivity contribution is 5.76. The lowest BCUT2D eigenvalue weighted by atomic mass is 9.95. The summed E-state index contributed by atoms with van der Waals surface area (Å²) < 4.78 is 1.17. The Bertz CT molecular complexity index is 716. The molecule has 120 valence electrons. The summed E-state index contributed by atoms with van der Waals surface area (Å²) in [5, 5.41) is 14.2. The quantitative estimate of drug-likeness (QED) is 0.632. The van der Waals surface area contributed by atoms with Crippen LogP contribution in [-0.2, 0) is 11.3 Å². The summed E-state index contributed by atoms with van der Waals surface area (Å²) in [5.74, 6) is -0.609. The van der Waals surface area contributed by atoms with Gasteiger partial charge in [0, 0.05) is 30.1 Å². The third-order valence-corrected chi connectivity index (χ3v) is 3.93. The zero-order chi connectivity index (χ0) is 16.4. The Hall–Kier alpha value is -2.81. The predicted molar refractivity (Wildman–Crippen MR) is 80.4 cm³/mol. The summed E-state index contributed by atoms with van der Waals surface area (Å²) in [6.45, 7) is 0.894. The summed E-state index contributed by atoms with van der Waals surface area (Å²) in [4.78, 5) is 27.4. The normalized spacial score (nSPS) is 20.7. The first-order valence-corrected chi connectivity index (χ1v) is 7.16. The minimum atomic E-state index is -0.696. The topological polar surface area (TPSA) is 120 Å². The molecule has 9 nitrogen and oxygen atoms in total. The third-order valence-electron chi connectivity index (χ3n) is 3.93. The number of nitrogens with two attached hydrogens (primary N) is 1. The first-order chi connectivity index (χ1) is 11.0. The number of nitrogens with zero attached hydrogens (tertiary/aromatic N) is 5. The second-order valence-electron chi connectivity index (χ2n) is 5.48. The van der Waals surface area contributed by atoms with Crippen molar-refractivity contribution in [3.63, 3.8) is 0 Å². The molecule has 0 aliphatic carbocycles. The van der Waals surface area contributed by atoms with Crippen molar-refractivity contribution >= 4 is 11.9 Å². The third kappa shape index (κ3) is 3.19. The minimum absolute atomic E-state index is 0.0882. The van der Waals surface area contributed by atoms with Gasteiger partial charge in [-0.1, -0.05) is 35.3 Å².